The summed E-state index contributed by atoms with van der Waals surface area (Å²) in [7, 11) is 0. The van der Waals surface area contributed by atoms with Gasteiger partial charge in [0.15, 0.2) is 0 Å². The van der Waals surface area contributed by atoms with Crippen LogP contribution in [-0.2, 0) is 9.53 Å². The van der Waals surface area contributed by atoms with Crippen molar-refractivity contribution in [3.63, 3.8) is 0 Å². The van der Waals surface area contributed by atoms with Gasteiger partial charge in [-0.25, -0.2) is 4.79 Å². The van der Waals surface area contributed by atoms with Gasteiger partial charge in [-0.3, -0.25) is 4.79 Å². The number of nitrogens with one attached hydrogen (secondary N) is 1. The van der Waals surface area contributed by atoms with E-state index < -0.39 is 0 Å². The second-order valence-electron chi connectivity index (χ2n) is 4.98. The highest BCUT2D eigenvalue weighted by Gasteiger charge is 2.37. The van der Waals surface area contributed by atoms with E-state index >= 15 is 0 Å². The van der Waals surface area contributed by atoms with Gasteiger partial charge < -0.3 is 10.1 Å². The number of esters is 1. The zero-order chi connectivity index (χ0) is 14.8. The van der Waals surface area contributed by atoms with Gasteiger partial charge >= 0.3 is 5.97 Å². The van der Waals surface area contributed by atoms with E-state index in [0.29, 0.717) is 16.5 Å². The summed E-state index contributed by atoms with van der Waals surface area (Å²) in [6.07, 6.45) is 1.98. The quantitative estimate of drug-likeness (QED) is 0.865. The number of carbonyl (C=O) groups excluding carboxylic acids is 2. The van der Waals surface area contributed by atoms with Crippen LogP contribution in [0.15, 0.2) is 6.07 Å². The van der Waals surface area contributed by atoms with Gasteiger partial charge in [0.1, 0.15) is 4.88 Å². The first kappa shape index (κ1) is 15.4. The molecular formula is C14H19NO3S2. The summed E-state index contributed by atoms with van der Waals surface area (Å²) in [6.45, 7) is 5.96. The number of carbonyl (C=O) groups is 2. The summed E-state index contributed by atoms with van der Waals surface area (Å²) >= 11 is 2.98. The molecule has 1 atom stereocenters. The number of aryl methyl sites for hydroxylation is 1. The number of ether oxygens (including phenoxy) is 1. The standard InChI is InChI=1S/C14H19NO3S2/c1-4-18-12(16)11-9(2)8-10(20-11)15-13(17)14(3)6-5-7-19-14/h8H,4-7H2,1-3H3,(H,15,17). The van der Waals surface area contributed by atoms with E-state index in [1.165, 1.54) is 11.3 Å². The zero-order valence-corrected chi connectivity index (χ0v) is 13.6. The predicted octanol–water partition coefficient (Wildman–Crippen LogP) is 3.46. The Labute approximate surface area is 127 Å². The molecule has 2 rings (SSSR count). The van der Waals surface area contributed by atoms with Crippen molar-refractivity contribution in [1.29, 1.82) is 0 Å². The van der Waals surface area contributed by atoms with Crippen LogP contribution in [0.2, 0.25) is 0 Å². The topological polar surface area (TPSA) is 55.4 Å². The van der Waals surface area contributed by atoms with Gasteiger partial charge in [0, 0.05) is 0 Å². The second kappa shape index (κ2) is 6.18. The highest BCUT2D eigenvalue weighted by atomic mass is 32.2. The molecule has 0 aromatic carbocycles. The maximum Gasteiger partial charge on any atom is 0.348 e. The maximum absolute atomic E-state index is 12.3. The van der Waals surface area contributed by atoms with Gasteiger partial charge in [0.25, 0.3) is 0 Å². The van der Waals surface area contributed by atoms with Crippen molar-refractivity contribution in [2.45, 2.75) is 38.4 Å². The van der Waals surface area contributed by atoms with E-state index in [9.17, 15) is 9.59 Å². The molecule has 1 aliphatic rings. The number of thiophene rings is 1. The predicted molar refractivity (Wildman–Crippen MR) is 83.7 cm³/mol. The van der Waals surface area contributed by atoms with Crippen molar-refractivity contribution in [2.24, 2.45) is 0 Å². The fourth-order valence-electron chi connectivity index (χ4n) is 2.15. The molecule has 1 saturated heterocycles. The Morgan fingerprint density at radius 3 is 2.85 bits per heavy atom. The van der Waals surface area contributed by atoms with E-state index in [-0.39, 0.29) is 16.6 Å². The van der Waals surface area contributed by atoms with E-state index in [0.717, 1.165) is 24.2 Å². The second-order valence-corrected chi connectivity index (χ2v) is 7.63. The van der Waals surface area contributed by atoms with Crippen LogP contribution < -0.4 is 5.32 Å². The van der Waals surface area contributed by atoms with Crippen LogP contribution in [0.25, 0.3) is 0 Å². The molecule has 1 aromatic heterocycles. The highest BCUT2D eigenvalue weighted by molar-refractivity contribution is 8.01. The summed E-state index contributed by atoms with van der Waals surface area (Å²) in [4.78, 5) is 24.6. The van der Waals surface area contributed by atoms with E-state index in [2.05, 4.69) is 5.32 Å². The number of hydrogen-bond acceptors (Lipinski definition) is 5. The fourth-order valence-corrected chi connectivity index (χ4v) is 4.32. The van der Waals surface area contributed by atoms with Crippen molar-refractivity contribution in [2.75, 3.05) is 17.7 Å². The van der Waals surface area contributed by atoms with Crippen molar-refractivity contribution >= 4 is 40.0 Å². The molecule has 1 aliphatic heterocycles. The summed E-state index contributed by atoms with van der Waals surface area (Å²) in [5, 5.41) is 3.65. The molecule has 4 nitrogen and oxygen atoms in total. The Morgan fingerprint density at radius 1 is 1.50 bits per heavy atom. The molecule has 1 fully saturated rings. The third kappa shape index (κ3) is 3.17. The zero-order valence-electron chi connectivity index (χ0n) is 11.9. The summed E-state index contributed by atoms with van der Waals surface area (Å²) in [5.41, 5.74) is 0.841. The van der Waals surface area contributed by atoms with Crippen LogP contribution in [0.3, 0.4) is 0 Å². The molecule has 0 radical (unpaired) electrons. The minimum atomic E-state index is -0.345. The van der Waals surface area contributed by atoms with E-state index in [1.54, 1.807) is 18.7 Å². The lowest BCUT2D eigenvalue weighted by molar-refractivity contribution is -0.118. The van der Waals surface area contributed by atoms with E-state index in [4.69, 9.17) is 4.74 Å². The van der Waals surface area contributed by atoms with Crippen molar-refractivity contribution in [3.8, 4) is 0 Å². The van der Waals surface area contributed by atoms with Gasteiger partial charge in [-0.05, 0) is 51.0 Å². The smallest absolute Gasteiger partial charge is 0.348 e. The molecule has 1 N–H and O–H groups in total. The molecule has 1 unspecified atom stereocenters. The minimum absolute atomic E-state index is 0.0247. The van der Waals surface area contributed by atoms with Crippen LogP contribution in [0, 0.1) is 6.92 Å². The van der Waals surface area contributed by atoms with Gasteiger partial charge in [0.2, 0.25) is 5.91 Å². The molecule has 0 saturated carbocycles. The Hall–Kier alpha value is -1.01. The van der Waals surface area contributed by atoms with Crippen molar-refractivity contribution < 1.29 is 14.3 Å². The Bertz CT molecular complexity index is 518. The molecule has 0 aliphatic carbocycles. The average Bonchev–Trinajstić information content (AvgIpc) is 2.97. The minimum Gasteiger partial charge on any atom is -0.462 e. The number of anilines is 1. The normalized spacial score (nSPS) is 21.8. The lowest BCUT2D eigenvalue weighted by Gasteiger charge is -2.20. The molecule has 6 heteroatoms. The number of thioether (sulfide) groups is 1. The summed E-state index contributed by atoms with van der Waals surface area (Å²) in [6, 6.07) is 1.83. The fraction of sp³-hybridized carbons (Fsp3) is 0.571. The molecule has 110 valence electrons. The molecule has 1 aromatic rings. The Morgan fingerprint density at radius 2 is 2.25 bits per heavy atom. The van der Waals surface area contributed by atoms with Gasteiger partial charge in [-0.1, -0.05) is 0 Å². The third-order valence-electron chi connectivity index (χ3n) is 3.31. The van der Waals surface area contributed by atoms with Crippen molar-refractivity contribution in [1.82, 2.24) is 0 Å². The SMILES string of the molecule is CCOC(=O)c1sc(NC(=O)C2(C)CCCS2)cc1C. The number of hydrogen-bond donors (Lipinski definition) is 1. The molecule has 2 heterocycles. The Balaban J connectivity index is 2.09. The number of rotatable bonds is 4. The average molecular weight is 313 g/mol. The van der Waals surface area contributed by atoms with Crippen LogP contribution in [-0.4, -0.2) is 29.0 Å². The molecule has 20 heavy (non-hydrogen) atoms. The largest absolute Gasteiger partial charge is 0.462 e. The molecule has 0 bridgehead atoms. The van der Waals surface area contributed by atoms with Crippen LogP contribution >= 0.6 is 23.1 Å². The first-order chi connectivity index (χ1) is 9.46. The van der Waals surface area contributed by atoms with Gasteiger partial charge in [-0.2, -0.15) is 0 Å². The first-order valence-corrected chi connectivity index (χ1v) is 8.49. The van der Waals surface area contributed by atoms with Gasteiger partial charge in [0.05, 0.1) is 16.4 Å². The highest BCUT2D eigenvalue weighted by Crippen LogP contribution is 2.39. The Kier molecular flexibility index (Phi) is 4.75. The molecule has 1 amide bonds. The lowest BCUT2D eigenvalue weighted by atomic mass is 10.1. The van der Waals surface area contributed by atoms with Gasteiger partial charge in [-0.15, -0.1) is 23.1 Å². The monoisotopic (exact) mass is 313 g/mol. The molecular weight excluding hydrogens is 294 g/mol. The van der Waals surface area contributed by atoms with E-state index in [1.807, 2.05) is 19.9 Å². The lowest BCUT2D eigenvalue weighted by Crippen LogP contribution is -2.34. The third-order valence-corrected chi connectivity index (χ3v) is 5.97. The van der Waals surface area contributed by atoms with Crippen molar-refractivity contribution in [3.05, 3.63) is 16.5 Å². The summed E-state index contributed by atoms with van der Waals surface area (Å²) in [5.74, 6) is 0.732. The van der Waals surface area contributed by atoms with Crippen LogP contribution in [0.4, 0.5) is 5.00 Å². The molecule has 0 spiro atoms. The maximum atomic E-state index is 12.3. The first-order valence-electron chi connectivity index (χ1n) is 6.69. The van der Waals surface area contributed by atoms with Crippen LogP contribution in [0.5, 0.6) is 0 Å². The number of amides is 1. The van der Waals surface area contributed by atoms with Crippen LogP contribution in [0.1, 0.15) is 41.9 Å². The summed E-state index contributed by atoms with van der Waals surface area (Å²) < 4.78 is 4.66.